The van der Waals surface area contributed by atoms with Gasteiger partial charge in [-0.25, -0.2) is 9.97 Å². The molecule has 0 unspecified atom stereocenters. The van der Waals surface area contributed by atoms with Crippen LogP contribution >= 0.6 is 11.8 Å². The third kappa shape index (κ3) is 4.56. The van der Waals surface area contributed by atoms with Gasteiger partial charge in [-0.05, 0) is 6.07 Å². The van der Waals surface area contributed by atoms with Crippen LogP contribution in [-0.2, 0) is 4.79 Å². The largest absolute Gasteiger partial charge is 0.383 e. The number of rotatable bonds is 5. The fraction of sp³-hybridized carbons (Fsp3) is 0.312. The number of thioether (sulfide) groups is 1. The molecule has 0 bridgehead atoms. The number of hydrogen-bond donors (Lipinski definition) is 2. The maximum absolute atomic E-state index is 12.4. The quantitative estimate of drug-likeness (QED) is 0.331. The zero-order valence-electron chi connectivity index (χ0n) is 14.4. The molecule has 0 saturated carbocycles. The lowest BCUT2D eigenvalue weighted by molar-refractivity contribution is -0.384. The number of amides is 1. The van der Waals surface area contributed by atoms with Gasteiger partial charge in [0.05, 0.1) is 10.7 Å². The summed E-state index contributed by atoms with van der Waals surface area (Å²) in [5, 5.41) is 11.5. The standard InChI is InChI=1S/C16H19N7O3S/c17-13-9-14(18)20-16(19-13)27-10-15(24)22-7-5-21(6-8-22)11-3-1-2-4-12(11)23(25)26/h1-4,9H,5-8,10H2,(H4,17,18,19,20). The number of carbonyl (C=O) groups excluding carboxylic acids is 1. The Balaban J connectivity index is 1.56. The SMILES string of the molecule is Nc1cc(N)nc(SCC(=O)N2CCN(c3ccccc3[N+](=O)[O-])CC2)n1. The second-order valence-electron chi connectivity index (χ2n) is 5.90. The van der Waals surface area contributed by atoms with E-state index >= 15 is 0 Å². The minimum Gasteiger partial charge on any atom is -0.383 e. The molecule has 4 N–H and O–H groups in total. The summed E-state index contributed by atoms with van der Waals surface area (Å²) in [6.07, 6.45) is 0. The summed E-state index contributed by atoms with van der Waals surface area (Å²) in [7, 11) is 0. The molecular formula is C16H19N7O3S. The highest BCUT2D eigenvalue weighted by atomic mass is 32.2. The first kappa shape index (κ1) is 18.7. The zero-order valence-corrected chi connectivity index (χ0v) is 15.3. The summed E-state index contributed by atoms with van der Waals surface area (Å²) in [6, 6.07) is 8.08. The molecule has 3 rings (SSSR count). The van der Waals surface area contributed by atoms with Gasteiger partial charge in [-0.15, -0.1) is 0 Å². The lowest BCUT2D eigenvalue weighted by atomic mass is 10.2. The Morgan fingerprint density at radius 3 is 2.41 bits per heavy atom. The molecule has 0 spiro atoms. The molecule has 0 radical (unpaired) electrons. The van der Waals surface area contributed by atoms with E-state index in [0.717, 1.165) is 0 Å². The Kier molecular flexibility index (Phi) is 5.60. The van der Waals surface area contributed by atoms with E-state index in [-0.39, 0.29) is 33.9 Å². The monoisotopic (exact) mass is 389 g/mol. The highest BCUT2D eigenvalue weighted by molar-refractivity contribution is 7.99. The van der Waals surface area contributed by atoms with E-state index in [1.54, 1.807) is 23.1 Å². The van der Waals surface area contributed by atoms with Gasteiger partial charge in [0.25, 0.3) is 5.69 Å². The smallest absolute Gasteiger partial charge is 0.292 e. The van der Waals surface area contributed by atoms with Crippen molar-refractivity contribution in [2.24, 2.45) is 0 Å². The van der Waals surface area contributed by atoms with Crippen molar-refractivity contribution in [1.82, 2.24) is 14.9 Å². The van der Waals surface area contributed by atoms with E-state index in [1.165, 1.54) is 23.9 Å². The number of nitrogens with two attached hydrogens (primary N) is 2. The molecule has 0 atom stereocenters. The van der Waals surface area contributed by atoms with Gasteiger partial charge >= 0.3 is 0 Å². The van der Waals surface area contributed by atoms with E-state index in [4.69, 9.17) is 11.5 Å². The molecule has 27 heavy (non-hydrogen) atoms. The van der Waals surface area contributed by atoms with Crippen molar-refractivity contribution < 1.29 is 9.72 Å². The van der Waals surface area contributed by atoms with E-state index in [9.17, 15) is 14.9 Å². The van der Waals surface area contributed by atoms with Crippen molar-refractivity contribution in [2.45, 2.75) is 5.16 Å². The van der Waals surface area contributed by atoms with Crippen LogP contribution < -0.4 is 16.4 Å². The maximum atomic E-state index is 12.4. The molecule has 2 heterocycles. The number of benzene rings is 1. The van der Waals surface area contributed by atoms with Gasteiger partial charge in [0.15, 0.2) is 5.16 Å². The van der Waals surface area contributed by atoms with Crippen LogP contribution in [0.25, 0.3) is 0 Å². The predicted molar refractivity (Wildman–Crippen MR) is 103 cm³/mol. The Hall–Kier alpha value is -3.08. The lowest BCUT2D eigenvalue weighted by Crippen LogP contribution is -2.49. The molecule has 1 amide bonds. The number of carbonyl (C=O) groups is 1. The fourth-order valence-electron chi connectivity index (χ4n) is 2.83. The van der Waals surface area contributed by atoms with Gasteiger partial charge in [0.1, 0.15) is 17.3 Å². The zero-order chi connectivity index (χ0) is 19.4. The number of aromatic nitrogens is 2. The molecule has 0 aliphatic carbocycles. The first-order valence-corrected chi connectivity index (χ1v) is 9.21. The molecular weight excluding hydrogens is 370 g/mol. The highest BCUT2D eigenvalue weighted by Gasteiger charge is 2.25. The average molecular weight is 389 g/mol. The van der Waals surface area contributed by atoms with Crippen LogP contribution in [0, 0.1) is 10.1 Å². The molecule has 142 valence electrons. The summed E-state index contributed by atoms with van der Waals surface area (Å²) in [4.78, 5) is 34.9. The number of nitro groups is 1. The topological polar surface area (TPSA) is 145 Å². The van der Waals surface area contributed by atoms with Crippen LogP contribution in [0.3, 0.4) is 0 Å². The molecule has 11 heteroatoms. The molecule has 10 nitrogen and oxygen atoms in total. The molecule has 2 aromatic rings. The predicted octanol–water partition coefficient (Wildman–Crippen LogP) is 0.990. The first-order chi connectivity index (χ1) is 12.9. The average Bonchev–Trinajstić information content (AvgIpc) is 2.65. The number of para-hydroxylation sites is 2. The minimum atomic E-state index is -0.388. The molecule has 1 saturated heterocycles. The van der Waals surface area contributed by atoms with Crippen molar-refractivity contribution in [1.29, 1.82) is 0 Å². The van der Waals surface area contributed by atoms with Crippen molar-refractivity contribution in [2.75, 3.05) is 48.3 Å². The number of nitro benzene ring substituents is 1. The fourth-order valence-corrected chi connectivity index (χ4v) is 3.60. The second kappa shape index (κ2) is 8.08. The molecule has 1 fully saturated rings. The van der Waals surface area contributed by atoms with E-state index < -0.39 is 0 Å². The third-order valence-corrected chi connectivity index (χ3v) is 4.95. The Bertz CT molecular complexity index is 835. The van der Waals surface area contributed by atoms with Crippen LogP contribution in [0.1, 0.15) is 0 Å². The minimum absolute atomic E-state index is 0.0493. The van der Waals surface area contributed by atoms with Gasteiger partial charge in [-0.3, -0.25) is 14.9 Å². The summed E-state index contributed by atoms with van der Waals surface area (Å²) in [5.41, 5.74) is 11.9. The molecule has 1 aliphatic rings. The van der Waals surface area contributed by atoms with Gasteiger partial charge in [-0.1, -0.05) is 23.9 Å². The second-order valence-corrected chi connectivity index (χ2v) is 6.85. The van der Waals surface area contributed by atoms with E-state index in [1.807, 2.05) is 4.90 Å². The van der Waals surface area contributed by atoms with Crippen molar-refractivity contribution >= 4 is 40.7 Å². The van der Waals surface area contributed by atoms with Crippen LogP contribution in [0.15, 0.2) is 35.5 Å². The van der Waals surface area contributed by atoms with Crippen LogP contribution in [0.4, 0.5) is 23.0 Å². The Morgan fingerprint density at radius 2 is 1.78 bits per heavy atom. The van der Waals surface area contributed by atoms with E-state index in [0.29, 0.717) is 37.0 Å². The van der Waals surface area contributed by atoms with Gasteiger partial charge in [0, 0.05) is 38.3 Å². The summed E-state index contributed by atoms with van der Waals surface area (Å²) in [6.45, 7) is 2.04. The third-order valence-electron chi connectivity index (χ3n) is 4.12. The normalized spacial score (nSPS) is 14.2. The summed E-state index contributed by atoms with van der Waals surface area (Å²) < 4.78 is 0. The first-order valence-electron chi connectivity index (χ1n) is 8.23. The van der Waals surface area contributed by atoms with Crippen molar-refractivity contribution in [3.05, 3.63) is 40.4 Å². The summed E-state index contributed by atoms with van der Waals surface area (Å²) in [5.74, 6) is 0.645. The van der Waals surface area contributed by atoms with Gasteiger partial charge < -0.3 is 21.3 Å². The molecule has 1 aliphatic heterocycles. The number of piperazine rings is 1. The number of nitrogens with zero attached hydrogens (tertiary/aromatic N) is 5. The lowest BCUT2D eigenvalue weighted by Gasteiger charge is -2.35. The highest BCUT2D eigenvalue weighted by Crippen LogP contribution is 2.28. The number of anilines is 3. The van der Waals surface area contributed by atoms with Gasteiger partial charge in [-0.2, -0.15) is 0 Å². The Labute approximate surface area is 159 Å². The van der Waals surface area contributed by atoms with Crippen LogP contribution in [-0.4, -0.2) is 57.6 Å². The number of hydrogen-bond acceptors (Lipinski definition) is 9. The van der Waals surface area contributed by atoms with Crippen molar-refractivity contribution in [3.63, 3.8) is 0 Å². The van der Waals surface area contributed by atoms with E-state index in [2.05, 4.69) is 9.97 Å². The maximum Gasteiger partial charge on any atom is 0.292 e. The Morgan fingerprint density at radius 1 is 1.15 bits per heavy atom. The molecule has 1 aromatic heterocycles. The van der Waals surface area contributed by atoms with Gasteiger partial charge in [0.2, 0.25) is 5.91 Å². The number of nitrogen functional groups attached to an aromatic ring is 2. The van der Waals surface area contributed by atoms with Crippen LogP contribution in [0.2, 0.25) is 0 Å². The molecule has 1 aromatic carbocycles. The van der Waals surface area contributed by atoms with Crippen LogP contribution in [0.5, 0.6) is 0 Å². The van der Waals surface area contributed by atoms with Crippen molar-refractivity contribution in [3.8, 4) is 0 Å². The summed E-state index contributed by atoms with van der Waals surface area (Å²) >= 11 is 1.18.